The van der Waals surface area contributed by atoms with Crippen molar-refractivity contribution in [3.8, 4) is 0 Å². The molecule has 8 heteroatoms. The fraction of sp³-hybridized carbons (Fsp3) is 1.00. The van der Waals surface area contributed by atoms with Gasteiger partial charge in [0.1, 0.15) is 0 Å². The first-order valence-electron chi connectivity index (χ1n) is 1.75. The molecule has 62 valence electrons. The molecule has 10 heavy (non-hydrogen) atoms. The summed E-state index contributed by atoms with van der Waals surface area (Å²) in [7, 11) is 4.17. The van der Waals surface area contributed by atoms with Gasteiger partial charge < -0.3 is 0 Å². The van der Waals surface area contributed by atoms with Crippen LogP contribution in [0.25, 0.3) is 0 Å². The summed E-state index contributed by atoms with van der Waals surface area (Å²) in [4.78, 5) is 0. The second-order valence-electron chi connectivity index (χ2n) is 1.22. The molecule has 0 rings (SSSR count). The van der Waals surface area contributed by atoms with Crippen molar-refractivity contribution in [3.05, 3.63) is 0 Å². The number of hydrogen-bond acceptors (Lipinski definition) is 0. The summed E-state index contributed by atoms with van der Waals surface area (Å²) in [6.45, 7) is 0. The SMILES string of the molecule is F[C](F)(F)[Sb]([Cl])[C](F)(F)F. The molecule has 0 aromatic carbocycles. The van der Waals surface area contributed by atoms with Gasteiger partial charge in [0, 0.05) is 0 Å². The minimum atomic E-state index is -5.54. The van der Waals surface area contributed by atoms with Gasteiger partial charge in [-0.3, -0.25) is 0 Å². The summed E-state index contributed by atoms with van der Waals surface area (Å²) in [5, 5.41) is 0. The van der Waals surface area contributed by atoms with Crippen LogP contribution in [0.15, 0.2) is 0 Å². The average molecular weight is 295 g/mol. The number of hydrogen-bond donors (Lipinski definition) is 0. The van der Waals surface area contributed by atoms with Gasteiger partial charge in [-0.2, -0.15) is 0 Å². The summed E-state index contributed by atoms with van der Waals surface area (Å²) < 4.78 is 56.6. The van der Waals surface area contributed by atoms with Crippen LogP contribution in [0.4, 0.5) is 26.3 Å². The zero-order chi connectivity index (χ0) is 8.58. The molecular weight excluding hydrogens is 295 g/mol. The molecule has 0 amide bonds. The zero-order valence-corrected chi connectivity index (χ0v) is 7.40. The fourth-order valence-corrected chi connectivity index (χ4v) is 0.964. The van der Waals surface area contributed by atoms with Gasteiger partial charge >= 0.3 is 62.5 Å². The maximum absolute atomic E-state index is 11.2. The maximum atomic E-state index is 11.2. The molecule has 0 bridgehead atoms. The minimum absolute atomic E-state index is 4.17. The van der Waals surface area contributed by atoms with Gasteiger partial charge in [0.25, 0.3) is 0 Å². The van der Waals surface area contributed by atoms with E-state index >= 15 is 0 Å². The standard InChI is InChI=1S/2CF3.ClH.Sb/c2*2-1(3)4;;/h;;1H;/q;;;+1/p-1. The van der Waals surface area contributed by atoms with Crippen molar-refractivity contribution in [1.82, 2.24) is 0 Å². The Morgan fingerprint density at radius 2 is 1.00 bits per heavy atom. The van der Waals surface area contributed by atoms with E-state index in [2.05, 4.69) is 8.83 Å². The van der Waals surface area contributed by atoms with Crippen molar-refractivity contribution in [1.29, 1.82) is 0 Å². The molecule has 0 aliphatic carbocycles. The van der Waals surface area contributed by atoms with Gasteiger partial charge in [0.05, 0.1) is 0 Å². The van der Waals surface area contributed by atoms with Gasteiger partial charge in [0.2, 0.25) is 0 Å². The van der Waals surface area contributed by atoms with Crippen molar-refractivity contribution in [2.45, 2.75) is 8.25 Å². The number of halogens is 7. The molecule has 0 N–H and O–H groups in total. The number of alkyl halides is 6. The molecule has 0 radical (unpaired) electrons. The van der Waals surface area contributed by atoms with Gasteiger partial charge in [-0.1, -0.05) is 0 Å². The van der Waals surface area contributed by atoms with E-state index in [4.69, 9.17) is 0 Å². The van der Waals surface area contributed by atoms with Gasteiger partial charge in [-0.05, 0) is 0 Å². The van der Waals surface area contributed by atoms with E-state index in [-0.39, 0.29) is 0 Å². The Bertz CT molecular complexity index is 99.9. The molecule has 0 unspecified atom stereocenters. The van der Waals surface area contributed by atoms with Gasteiger partial charge in [-0.15, -0.1) is 0 Å². The first-order chi connectivity index (χ1) is 4.15. The summed E-state index contributed by atoms with van der Waals surface area (Å²) >= 11 is -5.54. The zero-order valence-electron chi connectivity index (χ0n) is 4.09. The van der Waals surface area contributed by atoms with Crippen LogP contribution < -0.4 is 0 Å². The predicted molar refractivity (Wildman–Crippen MR) is 23.7 cm³/mol. The van der Waals surface area contributed by atoms with Crippen molar-refractivity contribution >= 4 is 27.9 Å². The molecule has 0 nitrogen and oxygen atoms in total. The quantitative estimate of drug-likeness (QED) is 0.475. The third-order valence-corrected chi connectivity index (χ3v) is 5.56. The van der Waals surface area contributed by atoms with E-state index < -0.39 is 27.3 Å². The van der Waals surface area contributed by atoms with Crippen LogP contribution in [0.5, 0.6) is 0 Å². The molecular formula is C2ClF6Sb. The van der Waals surface area contributed by atoms with Crippen LogP contribution in [0, 0.1) is 0 Å². The summed E-state index contributed by atoms with van der Waals surface area (Å²) in [6.07, 6.45) is 0. The molecule has 0 aliphatic heterocycles. The topological polar surface area (TPSA) is 0 Å². The Balaban J connectivity index is 4.23. The summed E-state index contributed by atoms with van der Waals surface area (Å²) in [5.41, 5.74) is 0. The van der Waals surface area contributed by atoms with Crippen LogP contribution in [-0.2, 0) is 0 Å². The summed E-state index contributed by atoms with van der Waals surface area (Å²) in [5.74, 6) is 0. The average Bonchev–Trinajstić information content (AvgIpc) is 1.59. The molecule has 0 saturated heterocycles. The van der Waals surface area contributed by atoms with E-state index in [0.29, 0.717) is 0 Å². The normalized spacial score (nSPS) is 14.4. The van der Waals surface area contributed by atoms with Crippen LogP contribution in [0.2, 0.25) is 0 Å². The third kappa shape index (κ3) is 3.19. The first-order valence-corrected chi connectivity index (χ1v) is 7.54. The van der Waals surface area contributed by atoms with Crippen molar-refractivity contribution < 1.29 is 26.3 Å². The molecule has 0 atom stereocenters. The monoisotopic (exact) mass is 294 g/mol. The van der Waals surface area contributed by atoms with Crippen LogP contribution >= 0.6 is 8.83 Å². The fourth-order valence-electron chi connectivity index (χ4n) is 0.144. The van der Waals surface area contributed by atoms with E-state index in [0.717, 1.165) is 0 Å². The van der Waals surface area contributed by atoms with Crippen LogP contribution in [0.1, 0.15) is 0 Å². The van der Waals surface area contributed by atoms with Crippen molar-refractivity contribution in [3.63, 3.8) is 0 Å². The molecule has 0 fully saturated rings. The Morgan fingerprint density at radius 1 is 0.800 bits per heavy atom. The van der Waals surface area contributed by atoms with Gasteiger partial charge in [0.15, 0.2) is 0 Å². The van der Waals surface area contributed by atoms with E-state index in [1.54, 1.807) is 0 Å². The number of rotatable bonds is 0. The van der Waals surface area contributed by atoms with Crippen molar-refractivity contribution in [2.75, 3.05) is 0 Å². The third-order valence-electron chi connectivity index (χ3n) is 0.445. The molecule has 0 aromatic heterocycles. The first kappa shape index (κ1) is 10.7. The molecule has 0 aliphatic rings. The Labute approximate surface area is 62.8 Å². The van der Waals surface area contributed by atoms with Gasteiger partial charge in [-0.25, -0.2) is 0 Å². The molecule has 0 saturated carbocycles. The van der Waals surface area contributed by atoms with E-state index in [1.165, 1.54) is 0 Å². The molecule has 0 spiro atoms. The second-order valence-corrected chi connectivity index (χ2v) is 7.98. The van der Waals surface area contributed by atoms with E-state index in [9.17, 15) is 26.3 Å². The second kappa shape index (κ2) is 2.97. The van der Waals surface area contributed by atoms with E-state index in [1.807, 2.05) is 0 Å². The Kier molecular flexibility index (Phi) is 3.18. The predicted octanol–water partition coefficient (Wildman–Crippen LogP) is 2.42. The summed E-state index contributed by atoms with van der Waals surface area (Å²) in [6, 6.07) is 0. The Hall–Kier alpha value is 0.688. The van der Waals surface area contributed by atoms with Crippen LogP contribution in [-0.4, -0.2) is 27.3 Å². The molecule has 0 heterocycles. The van der Waals surface area contributed by atoms with Crippen molar-refractivity contribution in [2.24, 2.45) is 0 Å². The Morgan fingerprint density at radius 3 is 1.00 bits per heavy atom. The van der Waals surface area contributed by atoms with Crippen LogP contribution in [0.3, 0.4) is 0 Å². The molecule has 0 aromatic rings.